The van der Waals surface area contributed by atoms with E-state index in [0.717, 1.165) is 0 Å². The summed E-state index contributed by atoms with van der Waals surface area (Å²) in [4.78, 5) is 3.52. The van der Waals surface area contributed by atoms with Crippen LogP contribution in [-0.4, -0.2) is 17.8 Å². The van der Waals surface area contributed by atoms with Crippen LogP contribution < -0.4 is 4.74 Å². The molecule has 1 heterocycles. The fourth-order valence-electron chi connectivity index (χ4n) is 0.626. The van der Waals surface area contributed by atoms with Crippen LogP contribution >= 0.6 is 11.6 Å². The molecule has 0 atom stereocenters. The number of pyridine rings is 1. The van der Waals surface area contributed by atoms with E-state index >= 15 is 0 Å². The van der Waals surface area contributed by atoms with Gasteiger partial charge in [-0.3, -0.25) is 0 Å². The van der Waals surface area contributed by atoms with Crippen molar-refractivity contribution >= 4 is 11.6 Å². The highest BCUT2D eigenvalue weighted by molar-refractivity contribution is 6.29. The predicted octanol–water partition coefficient (Wildman–Crippen LogP) is 2.68. The molecule has 2 nitrogen and oxygen atoms in total. The van der Waals surface area contributed by atoms with Gasteiger partial charge in [0.1, 0.15) is 5.15 Å². The number of ether oxygens (including phenoxy) is 1. The number of rotatable bonds is 2. The number of hydrogen-bond donors (Lipinski definition) is 0. The van der Waals surface area contributed by atoms with Crippen LogP contribution in [0.5, 0.6) is 5.88 Å². The van der Waals surface area contributed by atoms with Gasteiger partial charge in [-0.15, -0.1) is 0 Å². The highest BCUT2D eigenvalue weighted by Gasteiger charge is 2.28. The summed E-state index contributed by atoms with van der Waals surface area (Å²) in [7, 11) is 0. The topological polar surface area (TPSA) is 22.1 Å². The van der Waals surface area contributed by atoms with Gasteiger partial charge in [-0.1, -0.05) is 17.7 Å². The molecule has 0 amide bonds. The van der Waals surface area contributed by atoms with Crippen molar-refractivity contribution < 1.29 is 17.9 Å². The van der Waals surface area contributed by atoms with Crippen LogP contribution in [0.4, 0.5) is 13.2 Å². The first-order valence-electron chi connectivity index (χ1n) is 3.29. The Morgan fingerprint density at radius 3 is 2.62 bits per heavy atom. The van der Waals surface area contributed by atoms with Crippen molar-refractivity contribution in [1.29, 1.82) is 0 Å². The fraction of sp³-hybridized carbons (Fsp3) is 0.286. The molecule has 0 aliphatic carbocycles. The van der Waals surface area contributed by atoms with Crippen LogP contribution in [0.1, 0.15) is 0 Å². The molecule has 0 saturated carbocycles. The Kier molecular flexibility index (Phi) is 2.98. The molecule has 6 heteroatoms. The van der Waals surface area contributed by atoms with E-state index in [1.807, 2.05) is 0 Å². The SMILES string of the molecule is FC(F)(F)COc1cccc(Cl)n1. The van der Waals surface area contributed by atoms with E-state index in [4.69, 9.17) is 11.6 Å². The van der Waals surface area contributed by atoms with Crippen molar-refractivity contribution in [2.75, 3.05) is 6.61 Å². The van der Waals surface area contributed by atoms with Crippen molar-refractivity contribution in [1.82, 2.24) is 4.98 Å². The Bertz CT molecular complexity index is 289. The summed E-state index contributed by atoms with van der Waals surface area (Å²) in [5.74, 6) is -0.134. The summed E-state index contributed by atoms with van der Waals surface area (Å²) in [6, 6.07) is 4.21. The number of alkyl halides is 3. The van der Waals surface area contributed by atoms with Gasteiger partial charge >= 0.3 is 6.18 Å². The molecular formula is C7H5ClF3NO. The van der Waals surface area contributed by atoms with Gasteiger partial charge in [0.25, 0.3) is 0 Å². The molecule has 13 heavy (non-hydrogen) atoms. The second-order valence-electron chi connectivity index (χ2n) is 2.20. The molecule has 0 aliphatic heterocycles. The van der Waals surface area contributed by atoms with Crippen LogP contribution in [0.2, 0.25) is 5.15 Å². The molecule has 1 aromatic rings. The number of nitrogens with zero attached hydrogens (tertiary/aromatic N) is 1. The van der Waals surface area contributed by atoms with E-state index in [0.29, 0.717) is 0 Å². The summed E-state index contributed by atoms with van der Waals surface area (Å²) in [5.41, 5.74) is 0. The zero-order chi connectivity index (χ0) is 9.90. The zero-order valence-corrected chi connectivity index (χ0v) is 7.06. The molecule has 0 radical (unpaired) electrons. The standard InChI is InChI=1S/C7H5ClF3NO/c8-5-2-1-3-6(12-5)13-4-7(9,10)11/h1-3H,4H2. The lowest BCUT2D eigenvalue weighted by atomic mass is 10.5. The molecule has 0 unspecified atom stereocenters. The molecule has 0 aromatic carbocycles. The summed E-state index contributed by atoms with van der Waals surface area (Å²) in [6.45, 7) is -1.36. The van der Waals surface area contributed by atoms with Crippen LogP contribution in [0.25, 0.3) is 0 Å². The molecule has 0 aliphatic rings. The Morgan fingerprint density at radius 1 is 1.38 bits per heavy atom. The maximum absolute atomic E-state index is 11.7. The highest BCUT2D eigenvalue weighted by Crippen LogP contribution is 2.17. The summed E-state index contributed by atoms with van der Waals surface area (Å²) in [5, 5.41) is 0.0969. The molecule has 1 aromatic heterocycles. The second-order valence-corrected chi connectivity index (χ2v) is 2.59. The van der Waals surface area contributed by atoms with Crippen LogP contribution in [0, 0.1) is 0 Å². The van der Waals surface area contributed by atoms with Crippen molar-refractivity contribution in [3.63, 3.8) is 0 Å². The summed E-state index contributed by atoms with van der Waals surface area (Å²) in [6.07, 6.45) is -4.36. The summed E-state index contributed by atoms with van der Waals surface area (Å²) >= 11 is 5.42. The molecule has 0 N–H and O–H groups in total. The zero-order valence-electron chi connectivity index (χ0n) is 6.31. The third-order valence-electron chi connectivity index (χ3n) is 1.07. The minimum absolute atomic E-state index is 0.0969. The molecule has 0 saturated heterocycles. The van der Waals surface area contributed by atoms with E-state index in [2.05, 4.69) is 9.72 Å². The van der Waals surface area contributed by atoms with Crippen molar-refractivity contribution in [3.05, 3.63) is 23.4 Å². The van der Waals surface area contributed by atoms with Gasteiger partial charge in [0.05, 0.1) is 0 Å². The lowest BCUT2D eigenvalue weighted by Gasteiger charge is -2.07. The second kappa shape index (κ2) is 3.83. The highest BCUT2D eigenvalue weighted by atomic mass is 35.5. The first-order valence-corrected chi connectivity index (χ1v) is 3.67. The van der Waals surface area contributed by atoms with Crippen molar-refractivity contribution in [2.45, 2.75) is 6.18 Å². The van der Waals surface area contributed by atoms with Crippen LogP contribution in [0.15, 0.2) is 18.2 Å². The van der Waals surface area contributed by atoms with Gasteiger partial charge in [0.15, 0.2) is 6.61 Å². The average molecular weight is 212 g/mol. The maximum atomic E-state index is 11.7. The predicted molar refractivity (Wildman–Crippen MR) is 40.8 cm³/mol. The smallest absolute Gasteiger partial charge is 0.422 e. The van der Waals surface area contributed by atoms with Gasteiger partial charge in [-0.2, -0.15) is 13.2 Å². The van der Waals surface area contributed by atoms with Gasteiger partial charge in [-0.25, -0.2) is 4.98 Å². The largest absolute Gasteiger partial charge is 0.468 e. The lowest BCUT2D eigenvalue weighted by molar-refractivity contribution is -0.154. The van der Waals surface area contributed by atoms with E-state index in [1.165, 1.54) is 18.2 Å². The van der Waals surface area contributed by atoms with Crippen LogP contribution in [-0.2, 0) is 0 Å². The number of hydrogen-bond acceptors (Lipinski definition) is 2. The molecular weight excluding hydrogens is 207 g/mol. The normalized spacial score (nSPS) is 11.4. The van der Waals surface area contributed by atoms with E-state index < -0.39 is 12.8 Å². The third kappa shape index (κ3) is 3.98. The summed E-state index contributed by atoms with van der Waals surface area (Å²) < 4.78 is 39.3. The molecule has 0 fully saturated rings. The number of aromatic nitrogens is 1. The molecule has 0 spiro atoms. The Balaban J connectivity index is 2.55. The Morgan fingerprint density at radius 2 is 2.08 bits per heavy atom. The Labute approximate surface area is 77.3 Å². The fourth-order valence-corrected chi connectivity index (χ4v) is 0.782. The monoisotopic (exact) mass is 211 g/mol. The molecule has 72 valence electrons. The minimum Gasteiger partial charge on any atom is -0.468 e. The van der Waals surface area contributed by atoms with Gasteiger partial charge in [-0.05, 0) is 6.07 Å². The quantitative estimate of drug-likeness (QED) is 0.702. The third-order valence-corrected chi connectivity index (χ3v) is 1.28. The molecule has 0 bridgehead atoms. The van der Waals surface area contributed by atoms with E-state index in [9.17, 15) is 13.2 Å². The molecule has 1 rings (SSSR count). The van der Waals surface area contributed by atoms with Crippen molar-refractivity contribution in [2.24, 2.45) is 0 Å². The minimum atomic E-state index is -4.36. The maximum Gasteiger partial charge on any atom is 0.422 e. The van der Waals surface area contributed by atoms with Crippen molar-refractivity contribution in [3.8, 4) is 5.88 Å². The first kappa shape index (κ1) is 10.1. The number of halogens is 4. The lowest BCUT2D eigenvalue weighted by Crippen LogP contribution is -2.19. The Hall–Kier alpha value is -0.970. The van der Waals surface area contributed by atoms with E-state index in [-0.39, 0.29) is 11.0 Å². The van der Waals surface area contributed by atoms with Gasteiger partial charge in [0.2, 0.25) is 5.88 Å². The van der Waals surface area contributed by atoms with Gasteiger partial charge < -0.3 is 4.74 Å². The van der Waals surface area contributed by atoms with Gasteiger partial charge in [0, 0.05) is 6.07 Å². The average Bonchev–Trinajstić information content (AvgIpc) is 2.00. The van der Waals surface area contributed by atoms with Crippen LogP contribution in [0.3, 0.4) is 0 Å². The van der Waals surface area contributed by atoms with E-state index in [1.54, 1.807) is 0 Å². The first-order chi connectivity index (χ1) is 5.97.